The Kier molecular flexibility index (Phi) is 7.55. The minimum Gasteiger partial charge on any atom is -0.497 e. The SMILES string of the molecule is COc1ccc(C2(C(C(N)=O)(C3CCCCC3)C(c3ccccc3)c3ccccc3)Nc3ccccc3N2)c(OC)c1. The highest BCUT2D eigenvalue weighted by atomic mass is 16.5. The number of nitrogens with one attached hydrogen (secondary N) is 2. The van der Waals surface area contributed by atoms with Gasteiger partial charge >= 0.3 is 0 Å². The maximum absolute atomic E-state index is 14.8. The number of benzene rings is 4. The zero-order valence-corrected chi connectivity index (χ0v) is 24.3. The van der Waals surface area contributed by atoms with Gasteiger partial charge in [0.1, 0.15) is 16.9 Å². The topological polar surface area (TPSA) is 85.6 Å². The van der Waals surface area contributed by atoms with Gasteiger partial charge in [0.25, 0.3) is 0 Å². The van der Waals surface area contributed by atoms with Crippen molar-refractivity contribution < 1.29 is 14.3 Å². The van der Waals surface area contributed by atoms with E-state index in [0.717, 1.165) is 60.2 Å². The highest BCUT2D eigenvalue weighted by Gasteiger charge is 2.67. The number of nitrogens with two attached hydrogens (primary N) is 1. The summed E-state index contributed by atoms with van der Waals surface area (Å²) in [6, 6.07) is 34.6. The highest BCUT2D eigenvalue weighted by Crippen LogP contribution is 2.64. The highest BCUT2D eigenvalue weighted by molar-refractivity contribution is 5.91. The molecular formula is C36H39N3O3. The minimum absolute atomic E-state index is 0.0321. The van der Waals surface area contributed by atoms with E-state index < -0.39 is 11.1 Å². The van der Waals surface area contributed by atoms with E-state index in [1.54, 1.807) is 14.2 Å². The van der Waals surface area contributed by atoms with Crippen LogP contribution >= 0.6 is 0 Å². The number of hydrogen-bond donors (Lipinski definition) is 3. The monoisotopic (exact) mass is 561 g/mol. The van der Waals surface area contributed by atoms with E-state index in [9.17, 15) is 4.79 Å². The second kappa shape index (κ2) is 11.4. The molecule has 0 aromatic heterocycles. The Hall–Kier alpha value is -4.45. The lowest BCUT2D eigenvalue weighted by Gasteiger charge is -2.56. The molecule has 2 aliphatic rings. The van der Waals surface area contributed by atoms with Gasteiger partial charge in [-0.1, -0.05) is 92.1 Å². The number of rotatable bonds is 9. The first kappa shape index (κ1) is 27.7. The fourth-order valence-corrected chi connectivity index (χ4v) is 7.66. The van der Waals surface area contributed by atoms with Crippen LogP contribution in [-0.4, -0.2) is 20.1 Å². The van der Waals surface area contributed by atoms with Crippen LogP contribution in [0, 0.1) is 11.3 Å². The molecule has 1 saturated carbocycles. The molecule has 0 bridgehead atoms. The molecule has 1 fully saturated rings. The Morgan fingerprint density at radius 2 is 1.33 bits per heavy atom. The van der Waals surface area contributed by atoms with Gasteiger partial charge in [-0.15, -0.1) is 0 Å². The number of fused-ring (bicyclic) bond motifs is 1. The fraction of sp³-hybridized carbons (Fsp3) is 0.306. The number of hydrogen-bond acceptors (Lipinski definition) is 5. The van der Waals surface area contributed by atoms with Gasteiger partial charge in [0.15, 0.2) is 5.66 Å². The molecule has 1 unspecified atom stereocenters. The van der Waals surface area contributed by atoms with Crippen molar-refractivity contribution in [1.29, 1.82) is 0 Å². The first-order chi connectivity index (χ1) is 20.5. The van der Waals surface area contributed by atoms with Gasteiger partial charge < -0.3 is 25.8 Å². The molecule has 0 saturated heterocycles. The van der Waals surface area contributed by atoms with Crippen LogP contribution < -0.4 is 25.8 Å². The minimum atomic E-state index is -1.17. The lowest BCUT2D eigenvalue weighted by molar-refractivity contribution is -0.138. The summed E-state index contributed by atoms with van der Waals surface area (Å²) in [7, 11) is 3.30. The number of amides is 1. The molecule has 1 amide bonds. The van der Waals surface area contributed by atoms with Gasteiger partial charge in [-0.3, -0.25) is 4.79 Å². The third-order valence-corrected chi connectivity index (χ3v) is 9.38. The molecule has 0 spiro atoms. The average molecular weight is 562 g/mol. The zero-order chi connectivity index (χ0) is 29.2. The van der Waals surface area contributed by atoms with Crippen LogP contribution in [0.1, 0.15) is 54.7 Å². The summed E-state index contributed by atoms with van der Waals surface area (Å²) in [5.74, 6) is 0.532. The van der Waals surface area contributed by atoms with E-state index in [-0.39, 0.29) is 17.7 Å². The molecule has 6 heteroatoms. The van der Waals surface area contributed by atoms with Crippen molar-refractivity contribution in [2.75, 3.05) is 24.9 Å². The van der Waals surface area contributed by atoms with Gasteiger partial charge in [-0.05, 0) is 54.2 Å². The Labute approximate surface area is 248 Å². The van der Waals surface area contributed by atoms with Gasteiger partial charge in [0.05, 0.1) is 25.6 Å². The molecule has 42 heavy (non-hydrogen) atoms. The normalized spacial score (nSPS) is 17.4. The summed E-state index contributed by atoms with van der Waals surface area (Å²) in [5, 5.41) is 7.77. The number of carbonyl (C=O) groups is 1. The van der Waals surface area contributed by atoms with Crippen molar-refractivity contribution in [3.8, 4) is 11.5 Å². The Balaban J connectivity index is 1.75. The molecule has 4 N–H and O–H groups in total. The predicted molar refractivity (Wildman–Crippen MR) is 168 cm³/mol. The van der Waals surface area contributed by atoms with E-state index in [2.05, 4.69) is 34.9 Å². The van der Waals surface area contributed by atoms with Crippen molar-refractivity contribution in [2.45, 2.75) is 43.7 Å². The van der Waals surface area contributed by atoms with Crippen molar-refractivity contribution in [3.63, 3.8) is 0 Å². The standard InChI is InChI=1S/C36H39N3O3/c1-41-28-22-23-29(32(24-28)42-2)36(38-30-20-12-13-21-31(30)39-36)35(34(37)40,27-18-10-5-11-19-27)33(25-14-6-3-7-15-25)26-16-8-4-9-17-26/h3-4,6-9,12-17,20-24,27,33,38-39H,5,10-11,18-19H2,1-2H3,(H2,37,40). The van der Waals surface area contributed by atoms with Crippen molar-refractivity contribution in [1.82, 2.24) is 0 Å². The second-order valence-corrected chi connectivity index (χ2v) is 11.4. The van der Waals surface area contributed by atoms with E-state index in [0.29, 0.717) is 11.5 Å². The average Bonchev–Trinajstić information content (AvgIpc) is 3.45. The van der Waals surface area contributed by atoms with Crippen molar-refractivity contribution in [2.24, 2.45) is 17.1 Å². The molecule has 1 aliphatic heterocycles. The van der Waals surface area contributed by atoms with Crippen molar-refractivity contribution >= 4 is 17.3 Å². The van der Waals surface area contributed by atoms with Gasteiger partial charge in [-0.25, -0.2) is 0 Å². The van der Waals surface area contributed by atoms with Crippen LogP contribution in [0.5, 0.6) is 11.5 Å². The molecular weight excluding hydrogens is 522 g/mol. The van der Waals surface area contributed by atoms with Crippen LogP contribution in [0.3, 0.4) is 0 Å². The molecule has 1 heterocycles. The summed E-state index contributed by atoms with van der Waals surface area (Å²) in [6.07, 6.45) is 5.00. The summed E-state index contributed by atoms with van der Waals surface area (Å²) in [4.78, 5) is 14.8. The Morgan fingerprint density at radius 3 is 1.83 bits per heavy atom. The van der Waals surface area contributed by atoms with Crippen LogP contribution in [0.25, 0.3) is 0 Å². The number of methoxy groups -OCH3 is 2. The fourth-order valence-electron chi connectivity index (χ4n) is 7.66. The van der Waals surface area contributed by atoms with E-state index in [1.165, 1.54) is 0 Å². The number of ether oxygens (including phenoxy) is 2. The van der Waals surface area contributed by atoms with E-state index in [4.69, 9.17) is 15.2 Å². The quantitative estimate of drug-likeness (QED) is 0.200. The lowest BCUT2D eigenvalue weighted by atomic mass is 9.51. The first-order valence-electron chi connectivity index (χ1n) is 14.8. The third-order valence-electron chi connectivity index (χ3n) is 9.38. The van der Waals surface area contributed by atoms with E-state index >= 15 is 0 Å². The number of para-hydroxylation sites is 2. The Bertz CT molecular complexity index is 1470. The summed E-state index contributed by atoms with van der Waals surface area (Å²) >= 11 is 0. The molecule has 4 aromatic rings. The van der Waals surface area contributed by atoms with Gasteiger partial charge in [0.2, 0.25) is 5.91 Å². The number of carbonyl (C=O) groups excluding carboxylic acids is 1. The lowest BCUT2D eigenvalue weighted by Crippen LogP contribution is -2.66. The van der Waals surface area contributed by atoms with Crippen LogP contribution in [-0.2, 0) is 10.5 Å². The van der Waals surface area contributed by atoms with Crippen LogP contribution in [0.15, 0.2) is 103 Å². The van der Waals surface area contributed by atoms with Gasteiger partial charge in [0, 0.05) is 17.5 Å². The zero-order valence-electron chi connectivity index (χ0n) is 24.3. The van der Waals surface area contributed by atoms with Crippen LogP contribution in [0.4, 0.5) is 11.4 Å². The molecule has 6 rings (SSSR count). The molecule has 6 nitrogen and oxygen atoms in total. The molecule has 4 aromatic carbocycles. The first-order valence-corrected chi connectivity index (χ1v) is 14.8. The number of anilines is 2. The van der Waals surface area contributed by atoms with E-state index in [1.807, 2.05) is 78.9 Å². The second-order valence-electron chi connectivity index (χ2n) is 11.4. The smallest absolute Gasteiger partial charge is 0.229 e. The summed E-state index contributed by atoms with van der Waals surface area (Å²) < 4.78 is 11.7. The Morgan fingerprint density at radius 1 is 0.786 bits per heavy atom. The maximum atomic E-state index is 14.8. The molecule has 1 aliphatic carbocycles. The molecule has 0 radical (unpaired) electrons. The summed E-state index contributed by atoms with van der Waals surface area (Å²) in [6.45, 7) is 0. The van der Waals surface area contributed by atoms with Crippen LogP contribution in [0.2, 0.25) is 0 Å². The largest absolute Gasteiger partial charge is 0.497 e. The molecule has 216 valence electrons. The maximum Gasteiger partial charge on any atom is 0.229 e. The summed E-state index contributed by atoms with van der Waals surface area (Å²) in [5.41, 5.74) is 9.27. The third kappa shape index (κ3) is 4.37. The predicted octanol–water partition coefficient (Wildman–Crippen LogP) is 7.28. The molecule has 1 atom stereocenters. The number of primary amides is 1. The van der Waals surface area contributed by atoms with Crippen molar-refractivity contribution in [3.05, 3.63) is 120 Å². The van der Waals surface area contributed by atoms with Gasteiger partial charge in [-0.2, -0.15) is 0 Å².